The van der Waals surface area contributed by atoms with E-state index in [9.17, 15) is 9.18 Å². The standard InChI is InChI=1S/C22H23FN4OS/c23-18-7-6-16(26-20(28)19-8-5-14(11-25-19)13-3-4-13)10-17(18)22-9-1-2-15(22)12-29-21(24)27-22/h5-8,10-11,13,15H,1-4,9,12H2,(H2,24,27)(H,26,28)/t15-,22-/m0/s1. The van der Waals surface area contributed by atoms with Crippen LogP contribution in [0.5, 0.6) is 0 Å². The number of amides is 1. The van der Waals surface area contributed by atoms with E-state index in [4.69, 9.17) is 10.7 Å². The van der Waals surface area contributed by atoms with E-state index in [1.807, 2.05) is 6.07 Å². The van der Waals surface area contributed by atoms with Crippen LogP contribution >= 0.6 is 11.8 Å². The van der Waals surface area contributed by atoms with Crippen molar-refractivity contribution in [3.05, 3.63) is 59.2 Å². The molecule has 1 aliphatic heterocycles. The number of aromatic nitrogens is 1. The van der Waals surface area contributed by atoms with E-state index in [0.717, 1.165) is 25.0 Å². The summed E-state index contributed by atoms with van der Waals surface area (Å²) in [5.41, 5.74) is 8.00. The van der Waals surface area contributed by atoms with Crippen LogP contribution in [0.1, 0.15) is 59.6 Å². The van der Waals surface area contributed by atoms with E-state index < -0.39 is 5.54 Å². The molecule has 1 amide bonds. The molecule has 5 rings (SSSR count). The van der Waals surface area contributed by atoms with Crippen molar-refractivity contribution >= 4 is 28.5 Å². The Morgan fingerprint density at radius 1 is 1.24 bits per heavy atom. The van der Waals surface area contributed by atoms with Gasteiger partial charge in [-0.05, 0) is 67.3 Å². The number of fused-ring (bicyclic) bond motifs is 1. The number of pyridine rings is 1. The molecule has 29 heavy (non-hydrogen) atoms. The van der Waals surface area contributed by atoms with Crippen molar-refractivity contribution in [1.82, 2.24) is 4.98 Å². The van der Waals surface area contributed by atoms with E-state index in [-0.39, 0.29) is 17.6 Å². The number of carbonyl (C=O) groups is 1. The lowest BCUT2D eigenvalue weighted by Crippen LogP contribution is -2.37. The number of amidine groups is 1. The molecule has 1 aromatic heterocycles. The van der Waals surface area contributed by atoms with Gasteiger partial charge in [-0.15, -0.1) is 0 Å². The molecule has 1 aromatic carbocycles. The number of halogens is 1. The first-order valence-corrected chi connectivity index (χ1v) is 11.1. The molecule has 5 nitrogen and oxygen atoms in total. The number of thioether (sulfide) groups is 1. The number of anilines is 1. The van der Waals surface area contributed by atoms with Gasteiger partial charge in [0.05, 0.1) is 5.54 Å². The van der Waals surface area contributed by atoms with Crippen molar-refractivity contribution < 1.29 is 9.18 Å². The second-order valence-electron chi connectivity index (χ2n) is 8.17. The Morgan fingerprint density at radius 3 is 2.86 bits per heavy atom. The third-order valence-electron chi connectivity index (χ3n) is 6.29. The summed E-state index contributed by atoms with van der Waals surface area (Å²) in [6, 6.07) is 8.43. The number of carbonyl (C=O) groups excluding carboxylic acids is 1. The van der Waals surface area contributed by atoms with Crippen LogP contribution in [0.3, 0.4) is 0 Å². The second kappa shape index (κ2) is 7.13. The molecule has 3 aliphatic rings. The SMILES string of the molecule is NC1=N[C@@]2(c3cc(NC(=O)c4ccc(C5CC5)cn4)ccc3F)CCC[C@H]2CS1. The highest BCUT2D eigenvalue weighted by Crippen LogP contribution is 2.51. The van der Waals surface area contributed by atoms with Crippen LogP contribution in [0, 0.1) is 11.7 Å². The van der Waals surface area contributed by atoms with Gasteiger partial charge in [-0.1, -0.05) is 24.2 Å². The first-order valence-electron chi connectivity index (χ1n) is 10.1. The van der Waals surface area contributed by atoms with Crippen LogP contribution < -0.4 is 11.1 Å². The highest BCUT2D eigenvalue weighted by molar-refractivity contribution is 8.13. The topological polar surface area (TPSA) is 80.4 Å². The Hall–Kier alpha value is -2.41. The summed E-state index contributed by atoms with van der Waals surface area (Å²) in [7, 11) is 0. The van der Waals surface area contributed by atoms with Crippen LogP contribution in [0.15, 0.2) is 41.5 Å². The minimum atomic E-state index is -0.621. The molecule has 2 aliphatic carbocycles. The lowest BCUT2D eigenvalue weighted by molar-refractivity contribution is 0.102. The van der Waals surface area contributed by atoms with Crippen LogP contribution in [0.2, 0.25) is 0 Å². The normalized spacial score (nSPS) is 26.0. The van der Waals surface area contributed by atoms with Gasteiger partial charge in [0.1, 0.15) is 11.5 Å². The molecule has 150 valence electrons. The molecule has 2 aromatic rings. The highest BCUT2D eigenvalue weighted by atomic mass is 32.2. The molecule has 3 N–H and O–H groups in total. The maximum atomic E-state index is 14.9. The molecule has 0 spiro atoms. The number of nitrogens with one attached hydrogen (secondary N) is 1. The van der Waals surface area contributed by atoms with Crippen LogP contribution in [0.4, 0.5) is 10.1 Å². The van der Waals surface area contributed by atoms with Gasteiger partial charge in [0.2, 0.25) is 0 Å². The minimum absolute atomic E-state index is 0.261. The molecule has 0 saturated heterocycles. The summed E-state index contributed by atoms with van der Waals surface area (Å²) < 4.78 is 14.9. The number of hydrogen-bond acceptors (Lipinski definition) is 5. The van der Waals surface area contributed by atoms with E-state index >= 15 is 0 Å². The van der Waals surface area contributed by atoms with Gasteiger partial charge in [0, 0.05) is 23.2 Å². The zero-order valence-corrected chi connectivity index (χ0v) is 16.8. The molecule has 2 heterocycles. The fourth-order valence-corrected chi connectivity index (χ4v) is 5.63. The van der Waals surface area contributed by atoms with Gasteiger partial charge >= 0.3 is 0 Å². The average Bonchev–Trinajstić information content (AvgIpc) is 3.49. The summed E-state index contributed by atoms with van der Waals surface area (Å²) in [6.07, 6.45) is 6.95. The molecule has 2 saturated carbocycles. The fourth-order valence-electron chi connectivity index (χ4n) is 4.59. The second-order valence-corrected chi connectivity index (χ2v) is 9.21. The predicted molar refractivity (Wildman–Crippen MR) is 114 cm³/mol. The van der Waals surface area contributed by atoms with E-state index in [1.54, 1.807) is 36.2 Å². The number of rotatable bonds is 4. The maximum absolute atomic E-state index is 14.9. The molecule has 0 radical (unpaired) electrons. The monoisotopic (exact) mass is 410 g/mol. The molecule has 2 fully saturated rings. The van der Waals surface area contributed by atoms with Gasteiger partial charge in [-0.2, -0.15) is 0 Å². The molecule has 0 bridgehead atoms. The Bertz CT molecular complexity index is 989. The molecular formula is C22H23FN4OS. The quantitative estimate of drug-likeness (QED) is 0.783. The summed E-state index contributed by atoms with van der Waals surface area (Å²) in [5.74, 6) is 1.11. The molecule has 7 heteroatoms. The molecule has 2 atom stereocenters. The number of nitrogens with zero attached hydrogens (tertiary/aromatic N) is 2. The smallest absolute Gasteiger partial charge is 0.274 e. The Morgan fingerprint density at radius 2 is 2.10 bits per heavy atom. The minimum Gasteiger partial charge on any atom is -0.379 e. The fraction of sp³-hybridized carbons (Fsp3) is 0.409. The van der Waals surface area contributed by atoms with Crippen molar-refractivity contribution in [1.29, 1.82) is 0 Å². The lowest BCUT2D eigenvalue weighted by atomic mass is 9.81. The van der Waals surface area contributed by atoms with Gasteiger partial charge in [0.15, 0.2) is 5.17 Å². The average molecular weight is 411 g/mol. The number of aliphatic imine (C=N–C) groups is 1. The Labute approximate surface area is 173 Å². The van der Waals surface area contributed by atoms with Crippen molar-refractivity contribution in [2.24, 2.45) is 16.6 Å². The van der Waals surface area contributed by atoms with Crippen molar-refractivity contribution in [2.45, 2.75) is 43.6 Å². The Balaban J connectivity index is 1.42. The summed E-state index contributed by atoms with van der Waals surface area (Å²) >= 11 is 1.54. The van der Waals surface area contributed by atoms with E-state index in [1.165, 1.54) is 24.5 Å². The van der Waals surface area contributed by atoms with Gasteiger partial charge in [-0.3, -0.25) is 14.8 Å². The third kappa shape index (κ3) is 3.41. The van der Waals surface area contributed by atoms with Crippen molar-refractivity contribution in [3.8, 4) is 0 Å². The zero-order chi connectivity index (χ0) is 20.0. The van der Waals surface area contributed by atoms with Crippen molar-refractivity contribution in [2.75, 3.05) is 11.1 Å². The molecular weight excluding hydrogens is 387 g/mol. The lowest BCUT2D eigenvalue weighted by Gasteiger charge is -2.36. The largest absolute Gasteiger partial charge is 0.379 e. The number of hydrogen-bond donors (Lipinski definition) is 2. The van der Waals surface area contributed by atoms with Gasteiger partial charge < -0.3 is 11.1 Å². The third-order valence-corrected chi connectivity index (χ3v) is 7.24. The predicted octanol–water partition coefficient (Wildman–Crippen LogP) is 4.41. The van der Waals surface area contributed by atoms with Gasteiger partial charge in [0.25, 0.3) is 5.91 Å². The summed E-state index contributed by atoms with van der Waals surface area (Å²) in [4.78, 5) is 21.7. The zero-order valence-electron chi connectivity index (χ0n) is 16.0. The maximum Gasteiger partial charge on any atom is 0.274 e. The van der Waals surface area contributed by atoms with Crippen LogP contribution in [0.25, 0.3) is 0 Å². The molecule has 0 unspecified atom stereocenters. The highest BCUT2D eigenvalue weighted by Gasteiger charge is 2.48. The first-order chi connectivity index (χ1) is 14.0. The van der Waals surface area contributed by atoms with Crippen molar-refractivity contribution in [3.63, 3.8) is 0 Å². The van der Waals surface area contributed by atoms with E-state index in [2.05, 4.69) is 10.3 Å². The first kappa shape index (κ1) is 18.6. The number of benzene rings is 1. The van der Waals surface area contributed by atoms with Crippen LogP contribution in [-0.2, 0) is 5.54 Å². The van der Waals surface area contributed by atoms with Gasteiger partial charge in [-0.25, -0.2) is 4.39 Å². The summed E-state index contributed by atoms with van der Waals surface area (Å²) in [6.45, 7) is 0. The Kier molecular flexibility index (Phi) is 4.57. The summed E-state index contributed by atoms with van der Waals surface area (Å²) in [5, 5.41) is 3.38. The van der Waals surface area contributed by atoms with Crippen LogP contribution in [-0.4, -0.2) is 21.8 Å². The van der Waals surface area contributed by atoms with E-state index in [0.29, 0.717) is 28.0 Å². The number of nitrogens with two attached hydrogens (primary N) is 1.